The number of fused-ring (bicyclic) bond motifs is 2. The molecule has 8 heteroatoms. The molecule has 0 aliphatic carbocycles. The maximum Gasteiger partial charge on any atom is 0.270 e. The van der Waals surface area contributed by atoms with Crippen molar-refractivity contribution in [3.05, 3.63) is 57.6 Å². The third kappa shape index (κ3) is 2.97. The summed E-state index contributed by atoms with van der Waals surface area (Å²) in [7, 11) is 0. The Morgan fingerprint density at radius 2 is 2.04 bits per heavy atom. The van der Waals surface area contributed by atoms with Crippen LogP contribution < -0.4 is 20.3 Å². The van der Waals surface area contributed by atoms with E-state index in [0.717, 1.165) is 35.4 Å². The van der Waals surface area contributed by atoms with Crippen LogP contribution in [0.4, 0.5) is 0 Å². The van der Waals surface area contributed by atoms with Crippen LogP contribution in [0.15, 0.2) is 39.8 Å². The maximum absolute atomic E-state index is 12.6. The average Bonchev–Trinajstić information content (AvgIpc) is 3.18. The van der Waals surface area contributed by atoms with Crippen LogP contribution in [0.1, 0.15) is 16.8 Å². The highest BCUT2D eigenvalue weighted by molar-refractivity contribution is 5.63. The van der Waals surface area contributed by atoms with Crippen LogP contribution in [-0.2, 0) is 19.5 Å². The summed E-state index contributed by atoms with van der Waals surface area (Å²) in [6, 6.07) is 7.44. The monoisotopic (exact) mass is 366 g/mol. The van der Waals surface area contributed by atoms with Crippen molar-refractivity contribution in [3.63, 3.8) is 0 Å². The molecule has 0 radical (unpaired) electrons. The number of ether oxygens (including phenoxy) is 2. The minimum atomic E-state index is -0.0575. The summed E-state index contributed by atoms with van der Waals surface area (Å²) >= 11 is 0. The second-order valence-corrected chi connectivity index (χ2v) is 6.58. The quantitative estimate of drug-likeness (QED) is 0.748. The lowest BCUT2D eigenvalue weighted by molar-refractivity contribution is 0.171. The zero-order valence-corrected chi connectivity index (χ0v) is 14.6. The van der Waals surface area contributed by atoms with Gasteiger partial charge in [0.05, 0.1) is 12.7 Å². The molecule has 0 saturated carbocycles. The standard InChI is InChI=1S/C19H18N4O4/c24-19-15-3-4-20-9-13(15)10-21-23(19)11-14-8-17(27-22-14)12-1-2-16-18(7-12)26-6-5-25-16/h1-2,7-8,10,20H,3-6,9,11H2. The minimum absolute atomic E-state index is 0.0575. The molecule has 0 bridgehead atoms. The molecule has 2 aliphatic rings. The Hall–Kier alpha value is -3.13. The Labute approximate surface area is 154 Å². The van der Waals surface area contributed by atoms with Gasteiger partial charge in [0.2, 0.25) is 0 Å². The summed E-state index contributed by atoms with van der Waals surface area (Å²) in [4.78, 5) is 12.6. The van der Waals surface area contributed by atoms with Gasteiger partial charge in [0.25, 0.3) is 5.56 Å². The zero-order chi connectivity index (χ0) is 18.2. The Balaban J connectivity index is 1.41. The van der Waals surface area contributed by atoms with Crippen LogP contribution in [0.2, 0.25) is 0 Å². The van der Waals surface area contributed by atoms with Crippen molar-refractivity contribution in [2.45, 2.75) is 19.5 Å². The molecular formula is C19H18N4O4. The van der Waals surface area contributed by atoms with E-state index in [1.807, 2.05) is 24.3 Å². The molecule has 138 valence electrons. The van der Waals surface area contributed by atoms with Gasteiger partial charge in [-0.3, -0.25) is 4.79 Å². The summed E-state index contributed by atoms with van der Waals surface area (Å²) in [6.45, 7) is 2.85. The molecule has 1 N–H and O–H groups in total. The number of hydrogen-bond acceptors (Lipinski definition) is 7. The first-order valence-electron chi connectivity index (χ1n) is 8.92. The van der Waals surface area contributed by atoms with Crippen molar-refractivity contribution in [1.82, 2.24) is 20.3 Å². The van der Waals surface area contributed by atoms with Gasteiger partial charge >= 0.3 is 0 Å². The topological polar surface area (TPSA) is 91.4 Å². The lowest BCUT2D eigenvalue weighted by Crippen LogP contribution is -2.34. The highest BCUT2D eigenvalue weighted by Gasteiger charge is 2.17. The van der Waals surface area contributed by atoms with Crippen LogP contribution in [0.3, 0.4) is 0 Å². The van der Waals surface area contributed by atoms with Gasteiger partial charge in [0, 0.05) is 23.7 Å². The molecule has 0 atom stereocenters. The highest BCUT2D eigenvalue weighted by atomic mass is 16.6. The third-order valence-corrected chi connectivity index (χ3v) is 4.80. The predicted molar refractivity (Wildman–Crippen MR) is 95.9 cm³/mol. The van der Waals surface area contributed by atoms with Gasteiger partial charge in [-0.05, 0) is 36.7 Å². The van der Waals surface area contributed by atoms with Crippen LogP contribution in [0, 0.1) is 0 Å². The summed E-state index contributed by atoms with van der Waals surface area (Å²) in [6.07, 6.45) is 2.47. The maximum atomic E-state index is 12.6. The van der Waals surface area contributed by atoms with Gasteiger partial charge in [-0.2, -0.15) is 5.10 Å². The second-order valence-electron chi connectivity index (χ2n) is 6.58. The molecule has 0 fully saturated rings. The zero-order valence-electron chi connectivity index (χ0n) is 14.6. The fraction of sp³-hybridized carbons (Fsp3) is 0.316. The van der Waals surface area contributed by atoms with E-state index in [0.29, 0.717) is 37.0 Å². The van der Waals surface area contributed by atoms with E-state index < -0.39 is 0 Å². The largest absolute Gasteiger partial charge is 0.486 e. The van der Waals surface area contributed by atoms with E-state index in [-0.39, 0.29) is 12.1 Å². The molecule has 8 nitrogen and oxygen atoms in total. The molecule has 0 saturated heterocycles. The summed E-state index contributed by atoms with van der Waals surface area (Å²) in [5, 5.41) is 11.6. The van der Waals surface area contributed by atoms with Crippen LogP contribution >= 0.6 is 0 Å². The molecule has 0 amide bonds. The van der Waals surface area contributed by atoms with E-state index in [1.165, 1.54) is 4.68 Å². The number of benzene rings is 1. The van der Waals surface area contributed by atoms with E-state index in [4.69, 9.17) is 14.0 Å². The first-order valence-corrected chi connectivity index (χ1v) is 8.92. The molecule has 0 unspecified atom stereocenters. The normalized spacial score (nSPS) is 15.4. The second kappa shape index (κ2) is 6.55. The first-order chi connectivity index (χ1) is 13.3. The van der Waals surface area contributed by atoms with Crippen molar-refractivity contribution in [3.8, 4) is 22.8 Å². The molecule has 2 aromatic heterocycles. The number of nitrogens with one attached hydrogen (secondary N) is 1. The Bertz CT molecular complexity index is 1060. The lowest BCUT2D eigenvalue weighted by atomic mass is 10.1. The van der Waals surface area contributed by atoms with Crippen LogP contribution in [0.5, 0.6) is 11.5 Å². The molecule has 5 rings (SSSR count). The molecule has 1 aromatic carbocycles. The molecule has 3 aromatic rings. The van der Waals surface area contributed by atoms with E-state index in [2.05, 4.69) is 15.6 Å². The number of rotatable bonds is 3. The summed E-state index contributed by atoms with van der Waals surface area (Å²) in [5.74, 6) is 2.03. The summed E-state index contributed by atoms with van der Waals surface area (Å²) in [5.41, 5.74) is 3.23. The minimum Gasteiger partial charge on any atom is -0.486 e. The van der Waals surface area contributed by atoms with E-state index in [1.54, 1.807) is 6.20 Å². The molecule has 4 heterocycles. The van der Waals surface area contributed by atoms with Gasteiger partial charge in [0.15, 0.2) is 17.3 Å². The fourth-order valence-corrected chi connectivity index (χ4v) is 3.40. The Kier molecular flexibility index (Phi) is 3.90. The molecule has 2 aliphatic heterocycles. The Morgan fingerprint density at radius 1 is 1.15 bits per heavy atom. The molecule has 27 heavy (non-hydrogen) atoms. The number of nitrogens with zero attached hydrogens (tertiary/aromatic N) is 3. The smallest absolute Gasteiger partial charge is 0.270 e. The van der Waals surface area contributed by atoms with Crippen LogP contribution in [-0.4, -0.2) is 34.7 Å². The van der Waals surface area contributed by atoms with Crippen molar-refractivity contribution < 1.29 is 14.0 Å². The van der Waals surface area contributed by atoms with E-state index in [9.17, 15) is 4.79 Å². The van der Waals surface area contributed by atoms with Crippen molar-refractivity contribution in [1.29, 1.82) is 0 Å². The lowest BCUT2D eigenvalue weighted by Gasteiger charge is -2.18. The molecular weight excluding hydrogens is 348 g/mol. The van der Waals surface area contributed by atoms with Gasteiger partial charge in [-0.1, -0.05) is 5.16 Å². The fourth-order valence-electron chi connectivity index (χ4n) is 3.40. The Morgan fingerprint density at radius 3 is 2.96 bits per heavy atom. The summed E-state index contributed by atoms with van der Waals surface area (Å²) < 4.78 is 18.1. The van der Waals surface area contributed by atoms with Crippen molar-refractivity contribution in [2.75, 3.05) is 19.8 Å². The van der Waals surface area contributed by atoms with Crippen molar-refractivity contribution >= 4 is 0 Å². The van der Waals surface area contributed by atoms with Gasteiger partial charge < -0.3 is 19.3 Å². The highest BCUT2D eigenvalue weighted by Crippen LogP contribution is 2.34. The molecule has 0 spiro atoms. The van der Waals surface area contributed by atoms with Crippen LogP contribution in [0.25, 0.3) is 11.3 Å². The van der Waals surface area contributed by atoms with Gasteiger partial charge in [0.1, 0.15) is 18.9 Å². The first kappa shape index (κ1) is 16.1. The SMILES string of the molecule is O=c1c2c(cnn1Cc1cc(-c3ccc4c(c3)OCCO4)on1)CNCC2. The van der Waals surface area contributed by atoms with E-state index >= 15 is 0 Å². The number of hydrogen-bond donors (Lipinski definition) is 1. The third-order valence-electron chi connectivity index (χ3n) is 4.80. The number of aromatic nitrogens is 3. The predicted octanol–water partition coefficient (Wildman–Crippen LogP) is 1.36. The van der Waals surface area contributed by atoms with Gasteiger partial charge in [-0.25, -0.2) is 4.68 Å². The van der Waals surface area contributed by atoms with Crippen molar-refractivity contribution in [2.24, 2.45) is 0 Å². The average molecular weight is 366 g/mol. The van der Waals surface area contributed by atoms with Gasteiger partial charge in [-0.15, -0.1) is 0 Å².